The zero-order valence-electron chi connectivity index (χ0n) is 12.0. The van der Waals surface area contributed by atoms with E-state index in [1.54, 1.807) is 0 Å². The van der Waals surface area contributed by atoms with Gasteiger partial charge in [0.15, 0.2) is 0 Å². The van der Waals surface area contributed by atoms with Crippen LogP contribution in [-0.4, -0.2) is 0 Å². The van der Waals surface area contributed by atoms with Gasteiger partial charge in [-0.15, -0.1) is 23.2 Å². The molecule has 0 saturated carbocycles. The van der Waals surface area contributed by atoms with Gasteiger partial charge in [0.1, 0.15) is 9.75 Å². The van der Waals surface area contributed by atoms with Gasteiger partial charge in [0, 0.05) is 0 Å². The first-order valence-electron chi connectivity index (χ1n) is 6.96. The molecule has 0 fully saturated rings. The third kappa shape index (κ3) is 2.51. The van der Waals surface area contributed by atoms with Crippen LogP contribution >= 0.6 is 69.6 Å². The van der Waals surface area contributed by atoms with Crippen molar-refractivity contribution in [1.29, 1.82) is 0 Å². The molecule has 2 aromatic rings. The van der Waals surface area contributed by atoms with E-state index in [2.05, 4.69) is 0 Å². The van der Waals surface area contributed by atoms with Crippen molar-refractivity contribution in [1.82, 2.24) is 0 Å². The lowest BCUT2D eigenvalue weighted by Gasteiger charge is -2.46. The minimum atomic E-state index is -1.41. The Bertz CT molecular complexity index is 756. The number of benzene rings is 2. The topological polar surface area (TPSA) is 0 Å². The molecule has 0 heterocycles. The summed E-state index contributed by atoms with van der Waals surface area (Å²) >= 11 is 39.8. The first kappa shape index (κ1) is 18.5. The molecule has 0 saturated heterocycles. The number of rotatable bonds is 2. The smallest absolute Gasteiger partial charge is 0.105 e. The molecule has 0 amide bonds. The molecule has 124 valence electrons. The first-order chi connectivity index (χ1) is 11.3. The maximum atomic E-state index is 7.06. The van der Waals surface area contributed by atoms with Crippen molar-refractivity contribution in [2.75, 3.05) is 0 Å². The quantitative estimate of drug-likeness (QED) is 0.422. The summed E-state index contributed by atoms with van der Waals surface area (Å²) in [6.07, 6.45) is 0. The van der Waals surface area contributed by atoms with Crippen LogP contribution in [0.4, 0.5) is 0 Å². The average molecular weight is 439 g/mol. The lowest BCUT2D eigenvalue weighted by Crippen LogP contribution is -2.44. The average Bonchev–Trinajstić information content (AvgIpc) is 2.64. The fourth-order valence-electron chi connectivity index (χ4n) is 2.78. The highest BCUT2D eigenvalue weighted by atomic mass is 35.5. The molecule has 0 radical (unpaired) electrons. The molecule has 24 heavy (non-hydrogen) atoms. The molecule has 0 aromatic heterocycles. The van der Waals surface area contributed by atoms with E-state index in [1.807, 2.05) is 60.7 Å². The summed E-state index contributed by atoms with van der Waals surface area (Å²) in [5, 5.41) is 0.444. The van der Waals surface area contributed by atoms with Crippen LogP contribution in [0.25, 0.3) is 0 Å². The van der Waals surface area contributed by atoms with Gasteiger partial charge in [-0.05, 0) is 11.1 Å². The van der Waals surface area contributed by atoms with Gasteiger partial charge in [0.2, 0.25) is 0 Å². The monoisotopic (exact) mass is 436 g/mol. The SMILES string of the molecule is ClC1=C(Cl)C(Cl)(c2ccccc2)C(Cl)(c2ccccc2)C(Cl)=C1Cl. The highest BCUT2D eigenvalue weighted by Crippen LogP contribution is 2.65. The van der Waals surface area contributed by atoms with Crippen LogP contribution < -0.4 is 0 Å². The van der Waals surface area contributed by atoms with E-state index in [0.29, 0.717) is 11.1 Å². The Labute approximate surface area is 170 Å². The maximum Gasteiger partial charge on any atom is 0.135 e. The van der Waals surface area contributed by atoms with Crippen LogP contribution in [0.1, 0.15) is 11.1 Å². The third-order valence-electron chi connectivity index (χ3n) is 4.00. The Morgan fingerprint density at radius 1 is 0.500 bits per heavy atom. The molecule has 0 bridgehead atoms. The second kappa shape index (κ2) is 6.76. The summed E-state index contributed by atoms with van der Waals surface area (Å²) in [5.41, 5.74) is 1.33. The second-order valence-corrected chi connectivity index (χ2v) is 7.95. The highest BCUT2D eigenvalue weighted by Gasteiger charge is 2.60. The summed E-state index contributed by atoms with van der Waals surface area (Å²) in [4.78, 5) is -2.82. The van der Waals surface area contributed by atoms with Gasteiger partial charge in [-0.2, -0.15) is 0 Å². The number of alkyl halides is 2. The lowest BCUT2D eigenvalue weighted by atomic mass is 9.76. The van der Waals surface area contributed by atoms with Crippen LogP contribution in [0.3, 0.4) is 0 Å². The summed E-state index contributed by atoms with van der Waals surface area (Å²) in [6, 6.07) is 18.4. The minimum absolute atomic E-state index is 0.0920. The Morgan fingerprint density at radius 2 is 0.792 bits per heavy atom. The first-order valence-corrected chi connectivity index (χ1v) is 9.22. The van der Waals surface area contributed by atoms with Crippen molar-refractivity contribution in [2.24, 2.45) is 0 Å². The molecule has 0 N–H and O–H groups in total. The molecular formula is C18H10Cl6. The van der Waals surface area contributed by atoms with Gasteiger partial charge in [0.05, 0.1) is 20.1 Å². The van der Waals surface area contributed by atoms with Gasteiger partial charge in [-0.25, -0.2) is 0 Å². The van der Waals surface area contributed by atoms with Crippen LogP contribution in [0.2, 0.25) is 0 Å². The van der Waals surface area contributed by atoms with E-state index >= 15 is 0 Å². The molecule has 2 atom stereocenters. The Hall–Kier alpha value is -0.340. The molecule has 1 aliphatic rings. The molecule has 0 nitrogen and oxygen atoms in total. The molecule has 6 heteroatoms. The van der Waals surface area contributed by atoms with Crippen molar-refractivity contribution in [3.8, 4) is 0 Å². The Morgan fingerprint density at radius 3 is 1.08 bits per heavy atom. The van der Waals surface area contributed by atoms with Crippen LogP contribution in [0.15, 0.2) is 80.8 Å². The van der Waals surface area contributed by atoms with Crippen LogP contribution in [0.5, 0.6) is 0 Å². The van der Waals surface area contributed by atoms with E-state index < -0.39 is 9.75 Å². The number of hydrogen-bond acceptors (Lipinski definition) is 0. The number of hydrogen-bond donors (Lipinski definition) is 0. The molecule has 2 unspecified atom stereocenters. The van der Waals surface area contributed by atoms with E-state index in [-0.39, 0.29) is 20.1 Å². The molecule has 2 aromatic carbocycles. The predicted molar refractivity (Wildman–Crippen MR) is 105 cm³/mol. The predicted octanol–water partition coefficient (Wildman–Crippen LogP) is 7.65. The largest absolute Gasteiger partial charge is 0.135 e. The lowest BCUT2D eigenvalue weighted by molar-refractivity contribution is 0.568. The molecular weight excluding hydrogens is 429 g/mol. The Balaban J connectivity index is 2.40. The van der Waals surface area contributed by atoms with E-state index in [9.17, 15) is 0 Å². The van der Waals surface area contributed by atoms with Gasteiger partial charge < -0.3 is 0 Å². The second-order valence-electron chi connectivity index (χ2n) is 5.30. The van der Waals surface area contributed by atoms with Crippen molar-refractivity contribution >= 4 is 69.6 Å². The van der Waals surface area contributed by atoms with Crippen molar-refractivity contribution in [2.45, 2.75) is 9.75 Å². The minimum Gasteiger partial charge on any atom is -0.105 e. The standard InChI is InChI=1S/C18H10Cl6/c19-13-14(20)16(22)18(24,12-9-5-2-6-10-12)17(23,15(13)21)11-7-3-1-4-8-11/h1-10H. The van der Waals surface area contributed by atoms with Crippen molar-refractivity contribution in [3.05, 3.63) is 91.9 Å². The van der Waals surface area contributed by atoms with Gasteiger partial charge in [-0.1, -0.05) is 107 Å². The van der Waals surface area contributed by atoms with Crippen molar-refractivity contribution < 1.29 is 0 Å². The molecule has 0 spiro atoms. The maximum absolute atomic E-state index is 7.06. The summed E-state index contributed by atoms with van der Waals surface area (Å²) in [5.74, 6) is 0. The number of halogens is 6. The fraction of sp³-hybridized carbons (Fsp3) is 0.111. The van der Waals surface area contributed by atoms with Crippen LogP contribution in [0, 0.1) is 0 Å². The Kier molecular flexibility index (Phi) is 5.20. The van der Waals surface area contributed by atoms with E-state index in [0.717, 1.165) is 0 Å². The molecule has 0 aliphatic heterocycles. The summed E-state index contributed by atoms with van der Waals surface area (Å²) in [7, 11) is 0. The zero-order chi connectivity index (χ0) is 17.5. The molecule has 3 rings (SSSR count). The van der Waals surface area contributed by atoms with E-state index in [4.69, 9.17) is 69.6 Å². The fourth-order valence-corrected chi connectivity index (χ4v) is 5.09. The van der Waals surface area contributed by atoms with E-state index in [1.165, 1.54) is 0 Å². The van der Waals surface area contributed by atoms with Crippen LogP contribution in [-0.2, 0) is 9.75 Å². The third-order valence-corrected chi connectivity index (χ3v) is 7.66. The van der Waals surface area contributed by atoms with Gasteiger partial charge >= 0.3 is 0 Å². The normalized spacial score (nSPS) is 27.6. The zero-order valence-corrected chi connectivity index (χ0v) is 16.6. The highest BCUT2D eigenvalue weighted by molar-refractivity contribution is 6.57. The molecule has 1 aliphatic carbocycles. The summed E-state index contributed by atoms with van der Waals surface area (Å²) < 4.78 is 0. The summed E-state index contributed by atoms with van der Waals surface area (Å²) in [6.45, 7) is 0. The van der Waals surface area contributed by atoms with Crippen molar-refractivity contribution in [3.63, 3.8) is 0 Å². The number of allylic oxidation sites excluding steroid dienone is 4. The van der Waals surface area contributed by atoms with Gasteiger partial charge in [0.25, 0.3) is 0 Å². The van der Waals surface area contributed by atoms with Gasteiger partial charge in [-0.3, -0.25) is 0 Å².